The van der Waals surface area contributed by atoms with Crippen molar-refractivity contribution in [2.75, 3.05) is 20.8 Å². The Bertz CT molecular complexity index is 1000. The van der Waals surface area contributed by atoms with E-state index in [9.17, 15) is 9.59 Å². The standard InChI is InChI=1S/C20H18O6/c1-12-17(25-11-19(22)24-3)9-8-15-16(10-18(21)26-20(12)15)13-4-6-14(23-2)7-5-13/h4-10H,11H2,1-3H3. The molecule has 1 heterocycles. The Morgan fingerprint density at radius 1 is 1.08 bits per heavy atom. The minimum Gasteiger partial charge on any atom is -0.497 e. The molecule has 0 bridgehead atoms. The maximum Gasteiger partial charge on any atom is 0.343 e. The second kappa shape index (κ2) is 7.31. The first-order chi connectivity index (χ1) is 12.5. The van der Waals surface area contributed by atoms with Crippen molar-refractivity contribution in [1.29, 1.82) is 0 Å². The molecule has 0 radical (unpaired) electrons. The number of carbonyl (C=O) groups excluding carboxylic acids is 1. The summed E-state index contributed by atoms with van der Waals surface area (Å²) < 4.78 is 20.6. The van der Waals surface area contributed by atoms with E-state index in [0.717, 1.165) is 22.3 Å². The highest BCUT2D eigenvalue weighted by Crippen LogP contribution is 2.33. The average molecular weight is 354 g/mol. The molecule has 0 N–H and O–H groups in total. The summed E-state index contributed by atoms with van der Waals surface area (Å²) in [5, 5.41) is 0.776. The van der Waals surface area contributed by atoms with E-state index in [1.165, 1.54) is 13.2 Å². The molecule has 0 aliphatic heterocycles. The first-order valence-electron chi connectivity index (χ1n) is 7.95. The van der Waals surface area contributed by atoms with Gasteiger partial charge >= 0.3 is 11.6 Å². The Morgan fingerprint density at radius 3 is 2.46 bits per heavy atom. The van der Waals surface area contributed by atoms with Gasteiger partial charge in [-0.15, -0.1) is 0 Å². The van der Waals surface area contributed by atoms with Crippen molar-refractivity contribution >= 4 is 16.9 Å². The van der Waals surface area contributed by atoms with Crippen LogP contribution in [0.2, 0.25) is 0 Å². The van der Waals surface area contributed by atoms with E-state index in [-0.39, 0.29) is 6.61 Å². The molecule has 134 valence electrons. The third-order valence-electron chi connectivity index (χ3n) is 4.09. The summed E-state index contributed by atoms with van der Waals surface area (Å²) >= 11 is 0. The molecule has 26 heavy (non-hydrogen) atoms. The van der Waals surface area contributed by atoms with Gasteiger partial charge in [-0.25, -0.2) is 9.59 Å². The van der Waals surface area contributed by atoms with Gasteiger partial charge in [0.25, 0.3) is 0 Å². The zero-order chi connectivity index (χ0) is 18.7. The molecule has 0 amide bonds. The molecular formula is C20H18O6. The monoisotopic (exact) mass is 354 g/mol. The van der Waals surface area contributed by atoms with Crippen LogP contribution in [0.25, 0.3) is 22.1 Å². The second-order valence-electron chi connectivity index (χ2n) is 5.64. The van der Waals surface area contributed by atoms with Crippen molar-refractivity contribution < 1.29 is 23.4 Å². The summed E-state index contributed by atoms with van der Waals surface area (Å²) in [5.41, 5.74) is 2.22. The van der Waals surface area contributed by atoms with Gasteiger partial charge in [-0.3, -0.25) is 0 Å². The largest absolute Gasteiger partial charge is 0.497 e. The van der Waals surface area contributed by atoms with Crippen molar-refractivity contribution in [2.45, 2.75) is 6.92 Å². The third kappa shape index (κ3) is 3.39. The Hall–Kier alpha value is -3.28. The predicted molar refractivity (Wildman–Crippen MR) is 96.7 cm³/mol. The highest BCUT2D eigenvalue weighted by Gasteiger charge is 2.14. The number of ether oxygens (including phenoxy) is 3. The number of carbonyl (C=O) groups is 1. The fourth-order valence-corrected chi connectivity index (χ4v) is 2.70. The van der Waals surface area contributed by atoms with Gasteiger partial charge in [-0.05, 0) is 42.3 Å². The van der Waals surface area contributed by atoms with Crippen molar-refractivity contribution in [3.63, 3.8) is 0 Å². The maximum absolute atomic E-state index is 12.1. The summed E-state index contributed by atoms with van der Waals surface area (Å²) in [7, 11) is 2.89. The first-order valence-corrected chi connectivity index (χ1v) is 7.95. The van der Waals surface area contributed by atoms with Crippen LogP contribution in [0.5, 0.6) is 11.5 Å². The lowest BCUT2D eigenvalue weighted by molar-refractivity contribution is -0.142. The number of hydrogen-bond acceptors (Lipinski definition) is 6. The van der Waals surface area contributed by atoms with E-state index >= 15 is 0 Å². The molecule has 0 unspecified atom stereocenters. The van der Waals surface area contributed by atoms with Crippen LogP contribution >= 0.6 is 0 Å². The molecule has 0 aliphatic carbocycles. The van der Waals surface area contributed by atoms with Gasteiger partial charge in [0, 0.05) is 17.0 Å². The normalized spacial score (nSPS) is 10.6. The van der Waals surface area contributed by atoms with E-state index < -0.39 is 11.6 Å². The number of aryl methyl sites for hydroxylation is 1. The highest BCUT2D eigenvalue weighted by molar-refractivity contribution is 5.95. The van der Waals surface area contributed by atoms with Crippen LogP contribution in [0.15, 0.2) is 51.7 Å². The highest BCUT2D eigenvalue weighted by atomic mass is 16.6. The van der Waals surface area contributed by atoms with Gasteiger partial charge in [-0.1, -0.05) is 12.1 Å². The quantitative estimate of drug-likeness (QED) is 0.517. The topological polar surface area (TPSA) is 75.0 Å². The minimum atomic E-state index is -0.488. The smallest absolute Gasteiger partial charge is 0.343 e. The Kier molecular flexibility index (Phi) is 4.93. The number of benzene rings is 2. The predicted octanol–water partition coefficient (Wildman–Crippen LogP) is 3.33. The van der Waals surface area contributed by atoms with Gasteiger partial charge in [0.15, 0.2) is 6.61 Å². The molecule has 0 saturated carbocycles. The third-order valence-corrected chi connectivity index (χ3v) is 4.09. The van der Waals surface area contributed by atoms with Gasteiger partial charge in [0.2, 0.25) is 0 Å². The maximum atomic E-state index is 12.1. The lowest BCUT2D eigenvalue weighted by Gasteiger charge is -2.12. The molecule has 3 rings (SSSR count). The molecule has 6 heteroatoms. The lowest BCUT2D eigenvalue weighted by atomic mass is 10.00. The van der Waals surface area contributed by atoms with E-state index in [1.807, 2.05) is 24.3 Å². The number of methoxy groups -OCH3 is 2. The van der Waals surface area contributed by atoms with Crippen molar-refractivity contribution in [2.24, 2.45) is 0 Å². The molecule has 6 nitrogen and oxygen atoms in total. The molecule has 0 fully saturated rings. The first kappa shape index (κ1) is 17.5. The van der Waals surface area contributed by atoms with E-state index in [0.29, 0.717) is 16.9 Å². The number of esters is 1. The van der Waals surface area contributed by atoms with E-state index in [4.69, 9.17) is 13.9 Å². The van der Waals surface area contributed by atoms with Crippen molar-refractivity contribution in [3.05, 3.63) is 58.4 Å². The minimum absolute atomic E-state index is 0.217. The van der Waals surface area contributed by atoms with E-state index in [2.05, 4.69) is 4.74 Å². The second-order valence-corrected chi connectivity index (χ2v) is 5.64. The number of fused-ring (bicyclic) bond motifs is 1. The fourth-order valence-electron chi connectivity index (χ4n) is 2.70. The van der Waals surface area contributed by atoms with Crippen LogP contribution < -0.4 is 15.1 Å². The summed E-state index contributed by atoms with van der Waals surface area (Å²) in [4.78, 5) is 23.3. The van der Waals surface area contributed by atoms with E-state index in [1.54, 1.807) is 26.2 Å². The molecule has 3 aromatic rings. The summed E-state index contributed by atoms with van der Waals surface area (Å²) in [6.07, 6.45) is 0. The molecular weight excluding hydrogens is 336 g/mol. The SMILES string of the molecule is COC(=O)COc1ccc2c(-c3ccc(OC)cc3)cc(=O)oc2c1C. The Morgan fingerprint density at radius 2 is 1.81 bits per heavy atom. The number of hydrogen-bond donors (Lipinski definition) is 0. The van der Waals surface area contributed by atoms with Gasteiger partial charge < -0.3 is 18.6 Å². The molecule has 0 saturated heterocycles. The fraction of sp³-hybridized carbons (Fsp3) is 0.200. The van der Waals surface area contributed by atoms with Gasteiger partial charge in [-0.2, -0.15) is 0 Å². The number of rotatable bonds is 5. The summed E-state index contributed by atoms with van der Waals surface area (Å²) in [5.74, 6) is 0.701. The van der Waals surface area contributed by atoms with Crippen LogP contribution in [-0.4, -0.2) is 26.8 Å². The summed E-state index contributed by atoms with van der Waals surface area (Å²) in [6.45, 7) is 1.56. The van der Waals surface area contributed by atoms with Crippen LogP contribution in [0, 0.1) is 6.92 Å². The summed E-state index contributed by atoms with van der Waals surface area (Å²) in [6, 6.07) is 12.4. The molecule has 2 aromatic carbocycles. The molecule has 0 spiro atoms. The van der Waals surface area contributed by atoms with Crippen LogP contribution in [0.1, 0.15) is 5.56 Å². The Labute approximate surface area is 149 Å². The lowest BCUT2D eigenvalue weighted by Crippen LogP contribution is -2.13. The van der Waals surface area contributed by atoms with Crippen molar-refractivity contribution in [3.8, 4) is 22.6 Å². The molecule has 0 atom stereocenters. The van der Waals surface area contributed by atoms with Crippen LogP contribution in [-0.2, 0) is 9.53 Å². The molecule has 0 aliphatic rings. The van der Waals surface area contributed by atoms with Crippen molar-refractivity contribution in [1.82, 2.24) is 0 Å². The van der Waals surface area contributed by atoms with Crippen LogP contribution in [0.3, 0.4) is 0 Å². The van der Waals surface area contributed by atoms with Gasteiger partial charge in [0.05, 0.1) is 14.2 Å². The average Bonchev–Trinajstić information content (AvgIpc) is 2.67. The zero-order valence-corrected chi connectivity index (χ0v) is 14.7. The molecule has 1 aromatic heterocycles. The van der Waals surface area contributed by atoms with Crippen LogP contribution in [0.4, 0.5) is 0 Å². The van der Waals surface area contributed by atoms with Gasteiger partial charge in [0.1, 0.15) is 17.1 Å². The Balaban J connectivity index is 2.09. The zero-order valence-electron chi connectivity index (χ0n) is 14.7.